The number of benzene rings is 1. The number of likely N-dealkylation sites (N-methyl/N-ethyl adjacent to an activating group) is 1. The fraction of sp³-hybridized carbons (Fsp3) is 0.806. The van der Waals surface area contributed by atoms with E-state index in [9.17, 15) is 4.79 Å². The molecule has 0 aliphatic rings. The molecule has 0 aliphatic carbocycles. The highest BCUT2D eigenvalue weighted by Crippen LogP contribution is 2.09. The molecule has 0 N–H and O–H groups in total. The van der Waals surface area contributed by atoms with Crippen molar-refractivity contribution in [3.05, 3.63) is 30.3 Å². The molecule has 1 amide bonds. The predicted molar refractivity (Wildman–Crippen MR) is 190 cm³/mol. The van der Waals surface area contributed by atoms with E-state index in [0.29, 0.717) is 159 Å². The highest BCUT2D eigenvalue weighted by Gasteiger charge is 2.19. The first-order valence-corrected chi connectivity index (χ1v) is 17.9. The van der Waals surface area contributed by atoms with Gasteiger partial charge < -0.3 is 66.5 Å². The molecular weight excluding hydrogens is 670 g/mol. The van der Waals surface area contributed by atoms with Crippen molar-refractivity contribution in [3.8, 4) is 5.75 Å². The van der Waals surface area contributed by atoms with Crippen molar-refractivity contribution in [1.29, 1.82) is 0 Å². The van der Waals surface area contributed by atoms with Crippen LogP contribution in [0.2, 0.25) is 0 Å². The molecule has 0 aromatic heterocycles. The van der Waals surface area contributed by atoms with Crippen LogP contribution in [0.3, 0.4) is 0 Å². The van der Waals surface area contributed by atoms with Crippen LogP contribution in [0.15, 0.2) is 30.3 Å². The molecular formula is C36H65NO14. The lowest BCUT2D eigenvalue weighted by molar-refractivity contribution is -0.0279. The lowest BCUT2D eigenvalue weighted by Crippen LogP contribution is -2.36. The molecule has 0 heterocycles. The van der Waals surface area contributed by atoms with Crippen LogP contribution < -0.4 is 4.74 Å². The summed E-state index contributed by atoms with van der Waals surface area (Å²) in [6.45, 7) is 17.3. The van der Waals surface area contributed by atoms with Crippen molar-refractivity contribution >= 4 is 6.09 Å². The zero-order valence-electron chi connectivity index (χ0n) is 31.5. The van der Waals surface area contributed by atoms with E-state index >= 15 is 0 Å². The average Bonchev–Trinajstić information content (AvgIpc) is 3.11. The standard InChI is InChI=1S/C36H65NO14/c1-36(2,3)51-35(38)37(4)10-11-39-12-13-40-14-15-41-16-17-42-18-19-43-20-21-44-22-23-45-24-25-46-26-27-47-28-29-48-30-31-49-32-33-50-34-8-6-5-7-9-34/h5-9H,10-33H2,1-4H3. The minimum absolute atomic E-state index is 0.365. The van der Waals surface area contributed by atoms with Crippen molar-refractivity contribution < 1.29 is 66.4 Å². The Bertz CT molecular complexity index is 877. The molecule has 0 bridgehead atoms. The third kappa shape index (κ3) is 34.7. The maximum atomic E-state index is 11.9. The SMILES string of the molecule is CN(CCOCCOCCOCCOCCOCCOCCOCCOCCOCCOCCOCCOc1ccccc1)C(=O)OC(C)(C)C. The van der Waals surface area contributed by atoms with Gasteiger partial charge in [0.1, 0.15) is 18.0 Å². The summed E-state index contributed by atoms with van der Waals surface area (Å²) in [6, 6.07) is 9.66. The molecule has 1 aromatic carbocycles. The van der Waals surface area contributed by atoms with Gasteiger partial charge in [-0.2, -0.15) is 0 Å². The number of ether oxygens (including phenoxy) is 13. The van der Waals surface area contributed by atoms with Gasteiger partial charge >= 0.3 is 6.09 Å². The minimum atomic E-state index is -0.511. The van der Waals surface area contributed by atoms with Crippen LogP contribution in [0.5, 0.6) is 5.75 Å². The first kappa shape index (κ1) is 46.9. The lowest BCUT2D eigenvalue weighted by Gasteiger charge is -2.24. The molecule has 0 spiro atoms. The summed E-state index contributed by atoms with van der Waals surface area (Å²) in [4.78, 5) is 13.4. The van der Waals surface area contributed by atoms with Gasteiger partial charge in [-0.05, 0) is 32.9 Å². The monoisotopic (exact) mass is 735 g/mol. The minimum Gasteiger partial charge on any atom is -0.491 e. The number of carbonyl (C=O) groups is 1. The third-order valence-electron chi connectivity index (χ3n) is 6.24. The number of carbonyl (C=O) groups excluding carboxylic acids is 1. The Balaban J connectivity index is 1.64. The van der Waals surface area contributed by atoms with E-state index in [1.807, 2.05) is 51.1 Å². The van der Waals surface area contributed by atoms with E-state index < -0.39 is 5.60 Å². The fourth-order valence-corrected chi connectivity index (χ4v) is 3.67. The second-order valence-corrected chi connectivity index (χ2v) is 11.8. The van der Waals surface area contributed by atoms with Crippen molar-refractivity contribution in [2.45, 2.75) is 26.4 Å². The fourth-order valence-electron chi connectivity index (χ4n) is 3.67. The van der Waals surface area contributed by atoms with E-state index in [1.54, 1.807) is 7.05 Å². The summed E-state index contributed by atoms with van der Waals surface area (Å²) in [5.74, 6) is 0.840. The average molecular weight is 736 g/mol. The van der Waals surface area contributed by atoms with E-state index in [4.69, 9.17) is 61.6 Å². The molecule has 0 radical (unpaired) electrons. The molecule has 0 atom stereocenters. The molecule has 1 aromatic rings. The first-order chi connectivity index (χ1) is 24.9. The summed E-state index contributed by atoms with van der Waals surface area (Å²) in [6.07, 6.45) is -0.365. The zero-order valence-corrected chi connectivity index (χ0v) is 31.5. The van der Waals surface area contributed by atoms with Crippen LogP contribution in [-0.2, 0) is 56.8 Å². The van der Waals surface area contributed by atoms with E-state index in [1.165, 1.54) is 4.90 Å². The summed E-state index contributed by atoms with van der Waals surface area (Å²) in [5, 5.41) is 0. The maximum absolute atomic E-state index is 11.9. The van der Waals surface area contributed by atoms with Gasteiger partial charge in [-0.3, -0.25) is 0 Å². The number of amides is 1. The Kier molecular flexibility index (Phi) is 32.1. The van der Waals surface area contributed by atoms with E-state index in [0.717, 1.165) is 5.75 Å². The number of hydrogen-bond acceptors (Lipinski definition) is 14. The van der Waals surface area contributed by atoms with Gasteiger partial charge in [-0.1, -0.05) is 18.2 Å². The molecule has 298 valence electrons. The Labute approximate surface area is 305 Å². The number of nitrogens with zero attached hydrogens (tertiary/aromatic N) is 1. The summed E-state index contributed by atoms with van der Waals surface area (Å²) >= 11 is 0. The predicted octanol–water partition coefficient (Wildman–Crippen LogP) is 3.11. The molecule has 15 nitrogen and oxygen atoms in total. The summed E-state index contributed by atoms with van der Waals surface area (Å²) < 4.78 is 71.1. The molecule has 0 fully saturated rings. The third-order valence-corrected chi connectivity index (χ3v) is 6.24. The van der Waals surface area contributed by atoms with E-state index in [2.05, 4.69) is 0 Å². The molecule has 51 heavy (non-hydrogen) atoms. The largest absolute Gasteiger partial charge is 0.491 e. The van der Waals surface area contributed by atoms with Gasteiger partial charge in [0.25, 0.3) is 0 Å². The quantitative estimate of drug-likeness (QED) is 0.0925. The molecule has 15 heteroatoms. The highest BCUT2D eigenvalue weighted by atomic mass is 16.6. The van der Waals surface area contributed by atoms with Crippen LogP contribution in [0, 0.1) is 0 Å². The number of hydrogen-bond donors (Lipinski definition) is 0. The van der Waals surface area contributed by atoms with Crippen LogP contribution in [0.4, 0.5) is 4.79 Å². The first-order valence-electron chi connectivity index (χ1n) is 17.9. The van der Waals surface area contributed by atoms with Gasteiger partial charge in [0.2, 0.25) is 0 Å². The van der Waals surface area contributed by atoms with Crippen LogP contribution in [0.1, 0.15) is 20.8 Å². The molecule has 1 rings (SSSR count). The van der Waals surface area contributed by atoms with Crippen LogP contribution >= 0.6 is 0 Å². The topological polar surface area (TPSA) is 140 Å². The second-order valence-electron chi connectivity index (χ2n) is 11.8. The van der Waals surface area contributed by atoms with Crippen molar-refractivity contribution in [1.82, 2.24) is 4.90 Å². The van der Waals surface area contributed by atoms with E-state index in [-0.39, 0.29) is 6.09 Å². The van der Waals surface area contributed by atoms with Crippen LogP contribution in [-0.4, -0.2) is 182 Å². The lowest BCUT2D eigenvalue weighted by atomic mass is 10.2. The Morgan fingerprint density at radius 1 is 0.451 bits per heavy atom. The molecule has 0 unspecified atom stereocenters. The number of rotatable bonds is 37. The molecule has 0 saturated heterocycles. The van der Waals surface area contributed by atoms with Gasteiger partial charge in [-0.25, -0.2) is 4.79 Å². The zero-order chi connectivity index (χ0) is 36.9. The molecule has 0 aliphatic heterocycles. The van der Waals surface area contributed by atoms with Gasteiger partial charge in [0, 0.05) is 13.6 Å². The van der Waals surface area contributed by atoms with Crippen molar-refractivity contribution in [2.24, 2.45) is 0 Å². The van der Waals surface area contributed by atoms with Gasteiger partial charge in [0.15, 0.2) is 0 Å². The Morgan fingerprint density at radius 3 is 1.02 bits per heavy atom. The summed E-state index contributed by atoms with van der Waals surface area (Å²) in [7, 11) is 1.68. The Morgan fingerprint density at radius 2 is 0.725 bits per heavy atom. The van der Waals surface area contributed by atoms with Crippen LogP contribution in [0.25, 0.3) is 0 Å². The smallest absolute Gasteiger partial charge is 0.410 e. The van der Waals surface area contributed by atoms with Crippen molar-refractivity contribution in [2.75, 3.05) is 166 Å². The highest BCUT2D eigenvalue weighted by molar-refractivity contribution is 5.67. The number of para-hydroxylation sites is 1. The summed E-state index contributed by atoms with van der Waals surface area (Å²) in [5.41, 5.74) is -0.511. The molecule has 0 saturated carbocycles. The van der Waals surface area contributed by atoms with Gasteiger partial charge in [0.05, 0.1) is 145 Å². The van der Waals surface area contributed by atoms with Crippen molar-refractivity contribution in [3.63, 3.8) is 0 Å². The normalized spacial score (nSPS) is 11.6. The second kappa shape index (κ2) is 34.9. The Hall–Kier alpha value is -2.15. The van der Waals surface area contributed by atoms with Gasteiger partial charge in [-0.15, -0.1) is 0 Å². The maximum Gasteiger partial charge on any atom is 0.410 e.